The van der Waals surface area contributed by atoms with Crippen LogP contribution in [-0.2, 0) is 4.74 Å². The maximum Gasteiger partial charge on any atom is 0.317 e. The third-order valence-corrected chi connectivity index (χ3v) is 4.23. The Kier molecular flexibility index (Phi) is 6.27. The summed E-state index contributed by atoms with van der Waals surface area (Å²) >= 11 is 0. The molecule has 1 rings (SSSR count). The molecule has 2 unspecified atom stereocenters. The third kappa shape index (κ3) is 5.29. The van der Waals surface area contributed by atoms with E-state index in [1.54, 1.807) is 7.11 Å². The van der Waals surface area contributed by atoms with Crippen LogP contribution in [0.5, 0.6) is 0 Å². The minimum Gasteiger partial charge on any atom is -0.393 e. The lowest BCUT2D eigenvalue weighted by molar-refractivity contribution is 0.00886. The average molecular weight is 286 g/mol. The molecule has 118 valence electrons. The summed E-state index contributed by atoms with van der Waals surface area (Å²) in [6, 6.07) is 0.0698. The van der Waals surface area contributed by atoms with E-state index in [9.17, 15) is 9.90 Å². The van der Waals surface area contributed by atoms with Crippen molar-refractivity contribution >= 4 is 6.03 Å². The number of aliphatic hydroxyl groups is 1. The smallest absolute Gasteiger partial charge is 0.317 e. The summed E-state index contributed by atoms with van der Waals surface area (Å²) in [6.45, 7) is 9.31. The van der Waals surface area contributed by atoms with E-state index in [1.165, 1.54) is 0 Å². The lowest BCUT2D eigenvalue weighted by Crippen LogP contribution is -2.49. The van der Waals surface area contributed by atoms with E-state index in [4.69, 9.17) is 4.74 Å². The fourth-order valence-electron chi connectivity index (χ4n) is 2.76. The number of carbonyl (C=O) groups is 1. The molecule has 0 spiro atoms. The Balaban J connectivity index is 2.37. The maximum atomic E-state index is 12.2. The summed E-state index contributed by atoms with van der Waals surface area (Å²) in [5.41, 5.74) is -0.230. The van der Waals surface area contributed by atoms with Crippen molar-refractivity contribution in [3.63, 3.8) is 0 Å². The highest BCUT2D eigenvalue weighted by atomic mass is 16.5. The Morgan fingerprint density at radius 2 is 1.95 bits per heavy atom. The summed E-state index contributed by atoms with van der Waals surface area (Å²) in [4.78, 5) is 14.0. The number of nitrogens with zero attached hydrogens (tertiary/aromatic N) is 1. The molecule has 0 bridgehead atoms. The third-order valence-electron chi connectivity index (χ3n) is 4.23. The van der Waals surface area contributed by atoms with Gasteiger partial charge in [0.25, 0.3) is 0 Å². The van der Waals surface area contributed by atoms with E-state index < -0.39 is 0 Å². The van der Waals surface area contributed by atoms with Gasteiger partial charge in [0.05, 0.1) is 11.7 Å². The standard InChI is InChI=1S/C15H30N2O3/c1-11(10-15(3,4)20-5)16-14(19)17-8-6-13(7-9-17)12(2)18/h11-13,18H,6-10H2,1-5H3,(H,16,19). The molecule has 2 N–H and O–H groups in total. The Hall–Kier alpha value is -0.810. The van der Waals surface area contributed by atoms with Crippen LogP contribution in [0.3, 0.4) is 0 Å². The van der Waals surface area contributed by atoms with Gasteiger partial charge in [0, 0.05) is 26.2 Å². The zero-order chi connectivity index (χ0) is 15.3. The van der Waals surface area contributed by atoms with Crippen LogP contribution in [0, 0.1) is 5.92 Å². The topological polar surface area (TPSA) is 61.8 Å². The molecule has 2 atom stereocenters. The van der Waals surface area contributed by atoms with Gasteiger partial charge in [-0.05, 0) is 52.9 Å². The highest BCUT2D eigenvalue weighted by Gasteiger charge is 2.27. The van der Waals surface area contributed by atoms with Gasteiger partial charge in [0.2, 0.25) is 0 Å². The molecule has 5 nitrogen and oxygen atoms in total. The number of methoxy groups -OCH3 is 1. The van der Waals surface area contributed by atoms with E-state index in [-0.39, 0.29) is 23.8 Å². The van der Waals surface area contributed by atoms with Gasteiger partial charge < -0.3 is 20.1 Å². The van der Waals surface area contributed by atoms with Gasteiger partial charge in [-0.3, -0.25) is 0 Å². The van der Waals surface area contributed by atoms with E-state index in [1.807, 2.05) is 32.6 Å². The van der Waals surface area contributed by atoms with Crippen LogP contribution < -0.4 is 5.32 Å². The van der Waals surface area contributed by atoms with Crippen LogP contribution in [0.1, 0.15) is 47.0 Å². The minimum absolute atomic E-state index is 0.00607. The number of nitrogens with one attached hydrogen (secondary N) is 1. The summed E-state index contributed by atoms with van der Waals surface area (Å²) < 4.78 is 5.38. The number of rotatable bonds is 5. The lowest BCUT2D eigenvalue weighted by Gasteiger charge is -2.34. The first-order valence-corrected chi connectivity index (χ1v) is 7.54. The molecule has 20 heavy (non-hydrogen) atoms. The maximum absolute atomic E-state index is 12.2. The number of piperidine rings is 1. The molecule has 1 aliphatic heterocycles. The van der Waals surface area contributed by atoms with E-state index in [2.05, 4.69) is 5.32 Å². The fourth-order valence-corrected chi connectivity index (χ4v) is 2.76. The van der Waals surface area contributed by atoms with Gasteiger partial charge >= 0.3 is 6.03 Å². The number of likely N-dealkylation sites (tertiary alicyclic amines) is 1. The predicted molar refractivity (Wildman–Crippen MR) is 79.7 cm³/mol. The van der Waals surface area contributed by atoms with Crippen molar-refractivity contribution in [3.8, 4) is 0 Å². The SMILES string of the molecule is COC(C)(C)CC(C)NC(=O)N1CCC(C(C)O)CC1. The highest BCUT2D eigenvalue weighted by molar-refractivity contribution is 5.74. The Morgan fingerprint density at radius 3 is 2.40 bits per heavy atom. The van der Waals surface area contributed by atoms with Crippen LogP contribution in [0.25, 0.3) is 0 Å². The lowest BCUT2D eigenvalue weighted by atomic mass is 9.92. The summed E-state index contributed by atoms with van der Waals surface area (Å²) in [5.74, 6) is 0.323. The van der Waals surface area contributed by atoms with Gasteiger partial charge in [0.1, 0.15) is 0 Å². The monoisotopic (exact) mass is 286 g/mol. The number of urea groups is 1. The first kappa shape index (κ1) is 17.2. The molecule has 0 aromatic heterocycles. The number of ether oxygens (including phenoxy) is 1. The van der Waals surface area contributed by atoms with Crippen molar-refractivity contribution in [1.82, 2.24) is 10.2 Å². The molecule has 0 aliphatic carbocycles. The Morgan fingerprint density at radius 1 is 1.40 bits per heavy atom. The molecule has 0 radical (unpaired) electrons. The number of aliphatic hydroxyl groups excluding tert-OH is 1. The van der Waals surface area contributed by atoms with Crippen LogP contribution in [-0.4, -0.2) is 54.0 Å². The second-order valence-electron chi connectivity index (χ2n) is 6.58. The van der Waals surface area contributed by atoms with Gasteiger partial charge in [-0.15, -0.1) is 0 Å². The molecule has 1 heterocycles. The van der Waals surface area contributed by atoms with Gasteiger partial charge in [0.15, 0.2) is 0 Å². The molecule has 5 heteroatoms. The minimum atomic E-state index is -0.276. The second kappa shape index (κ2) is 7.27. The van der Waals surface area contributed by atoms with E-state index in [0.29, 0.717) is 5.92 Å². The highest BCUT2D eigenvalue weighted by Crippen LogP contribution is 2.21. The van der Waals surface area contributed by atoms with Crippen LogP contribution in [0.15, 0.2) is 0 Å². The second-order valence-corrected chi connectivity index (χ2v) is 6.58. The molecule has 0 saturated carbocycles. The fraction of sp³-hybridized carbons (Fsp3) is 0.933. The van der Waals surface area contributed by atoms with Crippen molar-refractivity contribution < 1.29 is 14.6 Å². The largest absolute Gasteiger partial charge is 0.393 e. The first-order valence-electron chi connectivity index (χ1n) is 7.54. The Bertz CT molecular complexity index is 310. The molecule has 0 aromatic carbocycles. The van der Waals surface area contributed by atoms with Crippen LogP contribution in [0.4, 0.5) is 4.79 Å². The van der Waals surface area contributed by atoms with E-state index >= 15 is 0 Å². The zero-order valence-corrected chi connectivity index (χ0v) is 13.5. The number of hydrogen-bond acceptors (Lipinski definition) is 3. The number of carbonyl (C=O) groups excluding carboxylic acids is 1. The Labute approximate surface area is 122 Å². The molecule has 1 aliphatic rings. The van der Waals surface area contributed by atoms with Gasteiger partial charge in [-0.1, -0.05) is 0 Å². The van der Waals surface area contributed by atoms with Crippen LogP contribution in [0.2, 0.25) is 0 Å². The van der Waals surface area contributed by atoms with Gasteiger partial charge in [-0.2, -0.15) is 0 Å². The summed E-state index contributed by atoms with van der Waals surface area (Å²) in [6.07, 6.45) is 2.26. The molecular formula is C15H30N2O3. The molecule has 0 aromatic rings. The van der Waals surface area contributed by atoms with Crippen molar-refractivity contribution in [2.45, 2.75) is 64.7 Å². The number of amides is 2. The van der Waals surface area contributed by atoms with Crippen molar-refractivity contribution in [2.75, 3.05) is 20.2 Å². The summed E-state index contributed by atoms with van der Waals surface area (Å²) in [5, 5.41) is 12.6. The van der Waals surface area contributed by atoms with Crippen LogP contribution >= 0.6 is 0 Å². The molecule has 1 saturated heterocycles. The normalized spacial score (nSPS) is 20.6. The molecular weight excluding hydrogens is 256 g/mol. The average Bonchev–Trinajstić information content (AvgIpc) is 2.38. The summed E-state index contributed by atoms with van der Waals surface area (Å²) in [7, 11) is 1.69. The molecule has 1 fully saturated rings. The van der Waals surface area contributed by atoms with Crippen molar-refractivity contribution in [3.05, 3.63) is 0 Å². The van der Waals surface area contributed by atoms with Crippen molar-refractivity contribution in [1.29, 1.82) is 0 Å². The molecule has 2 amide bonds. The van der Waals surface area contributed by atoms with Gasteiger partial charge in [-0.25, -0.2) is 4.79 Å². The predicted octanol–water partition coefficient (Wildman–Crippen LogP) is 1.99. The quantitative estimate of drug-likeness (QED) is 0.812. The van der Waals surface area contributed by atoms with E-state index in [0.717, 1.165) is 32.4 Å². The first-order chi connectivity index (χ1) is 9.25. The zero-order valence-electron chi connectivity index (χ0n) is 13.5. The number of hydrogen-bond donors (Lipinski definition) is 2. The van der Waals surface area contributed by atoms with Crippen molar-refractivity contribution in [2.24, 2.45) is 5.92 Å².